The molecule has 0 aliphatic rings. The van der Waals surface area contributed by atoms with Gasteiger partial charge in [0, 0.05) is 18.5 Å². The van der Waals surface area contributed by atoms with Crippen molar-refractivity contribution < 1.29 is 8.42 Å². The summed E-state index contributed by atoms with van der Waals surface area (Å²) in [6, 6.07) is 12.1. The van der Waals surface area contributed by atoms with E-state index < -0.39 is 10.0 Å². The van der Waals surface area contributed by atoms with Crippen LogP contribution in [0.5, 0.6) is 0 Å². The summed E-state index contributed by atoms with van der Waals surface area (Å²) in [5, 5.41) is 8.73. The molecule has 0 unspecified atom stereocenters. The Morgan fingerprint density at radius 1 is 1.24 bits per heavy atom. The summed E-state index contributed by atoms with van der Waals surface area (Å²) >= 11 is 7.21. The number of nitriles is 1. The Labute approximate surface area is 133 Å². The summed E-state index contributed by atoms with van der Waals surface area (Å²) in [5.41, 5.74) is 1.17. The second-order valence-corrected chi connectivity index (χ2v) is 8.40. The Bertz CT molecular complexity index is 761. The average Bonchev–Trinajstić information content (AvgIpc) is 2.84. The predicted octanol–water partition coefficient (Wildman–Crippen LogP) is 3.23. The lowest BCUT2D eigenvalue weighted by atomic mass is 10.2. The fourth-order valence-corrected chi connectivity index (χ4v) is 4.14. The van der Waals surface area contributed by atoms with Crippen LogP contribution < -0.4 is 0 Å². The van der Waals surface area contributed by atoms with Crippen LogP contribution in [0.4, 0.5) is 0 Å². The third kappa shape index (κ3) is 4.29. The monoisotopic (exact) mass is 340 g/mol. The van der Waals surface area contributed by atoms with E-state index in [-0.39, 0.29) is 5.75 Å². The number of hydrogen-bond donors (Lipinski definition) is 0. The maximum atomic E-state index is 12.3. The van der Waals surface area contributed by atoms with Crippen LogP contribution in [0.15, 0.2) is 36.4 Å². The van der Waals surface area contributed by atoms with E-state index in [9.17, 15) is 8.42 Å². The summed E-state index contributed by atoms with van der Waals surface area (Å²) in [6.07, 6.45) is 0. The molecule has 21 heavy (non-hydrogen) atoms. The van der Waals surface area contributed by atoms with Gasteiger partial charge in [-0.2, -0.15) is 9.57 Å². The SMILES string of the molecule is CN(Cc1ccc(Cl)s1)S(=O)(=O)Cc1ccc(C#N)cc1. The largest absolute Gasteiger partial charge is 0.218 e. The number of rotatable bonds is 5. The van der Waals surface area contributed by atoms with Crippen molar-refractivity contribution in [2.75, 3.05) is 7.05 Å². The zero-order valence-corrected chi connectivity index (χ0v) is 13.7. The van der Waals surface area contributed by atoms with Gasteiger partial charge in [0.15, 0.2) is 0 Å². The minimum Gasteiger partial charge on any atom is -0.212 e. The Morgan fingerprint density at radius 3 is 2.43 bits per heavy atom. The molecule has 0 atom stereocenters. The van der Waals surface area contributed by atoms with Gasteiger partial charge < -0.3 is 0 Å². The number of benzene rings is 1. The maximum absolute atomic E-state index is 12.3. The van der Waals surface area contributed by atoms with Crippen LogP contribution in [0.3, 0.4) is 0 Å². The Kier molecular flexibility index (Phi) is 5.01. The molecule has 1 aromatic carbocycles. The first-order chi connectivity index (χ1) is 9.90. The first-order valence-electron chi connectivity index (χ1n) is 6.08. The fraction of sp³-hybridized carbons (Fsp3) is 0.214. The van der Waals surface area contributed by atoms with Crippen LogP contribution in [0.1, 0.15) is 16.0 Å². The number of halogens is 1. The molecule has 4 nitrogen and oxygen atoms in total. The smallest absolute Gasteiger partial charge is 0.212 e. The second kappa shape index (κ2) is 6.58. The number of hydrogen-bond acceptors (Lipinski definition) is 4. The molecule has 0 amide bonds. The average molecular weight is 341 g/mol. The van der Waals surface area contributed by atoms with Crippen molar-refractivity contribution in [3.05, 3.63) is 56.7 Å². The van der Waals surface area contributed by atoms with Crippen LogP contribution in [0.2, 0.25) is 4.34 Å². The zero-order valence-electron chi connectivity index (χ0n) is 11.3. The summed E-state index contributed by atoms with van der Waals surface area (Å²) in [4.78, 5) is 0.894. The van der Waals surface area contributed by atoms with Gasteiger partial charge in [0.2, 0.25) is 10.0 Å². The van der Waals surface area contributed by atoms with Crippen molar-refractivity contribution in [3.63, 3.8) is 0 Å². The van der Waals surface area contributed by atoms with E-state index in [1.807, 2.05) is 12.1 Å². The van der Waals surface area contributed by atoms with Gasteiger partial charge in [0.1, 0.15) is 0 Å². The minimum absolute atomic E-state index is 0.0890. The number of sulfonamides is 1. The highest BCUT2D eigenvalue weighted by molar-refractivity contribution is 7.88. The van der Waals surface area contributed by atoms with Crippen LogP contribution in [0.25, 0.3) is 0 Å². The van der Waals surface area contributed by atoms with Crippen LogP contribution in [0, 0.1) is 11.3 Å². The number of nitrogens with zero attached hydrogens (tertiary/aromatic N) is 2. The van der Waals surface area contributed by atoms with Crippen molar-refractivity contribution in [1.29, 1.82) is 5.26 Å². The fourth-order valence-electron chi connectivity index (χ4n) is 1.75. The summed E-state index contributed by atoms with van der Waals surface area (Å²) in [7, 11) is -1.86. The van der Waals surface area contributed by atoms with Gasteiger partial charge in [0.05, 0.1) is 21.7 Å². The third-order valence-electron chi connectivity index (χ3n) is 2.91. The van der Waals surface area contributed by atoms with E-state index in [0.717, 1.165) is 4.88 Å². The molecule has 0 aliphatic heterocycles. The van der Waals surface area contributed by atoms with Crippen molar-refractivity contribution in [1.82, 2.24) is 4.31 Å². The molecule has 1 heterocycles. The molecular weight excluding hydrogens is 328 g/mol. The maximum Gasteiger partial charge on any atom is 0.218 e. The Balaban J connectivity index is 2.08. The Morgan fingerprint density at radius 2 is 1.90 bits per heavy atom. The van der Waals surface area contributed by atoms with E-state index in [1.54, 1.807) is 37.4 Å². The summed E-state index contributed by atoms with van der Waals surface area (Å²) in [6.45, 7) is 0.302. The molecule has 7 heteroatoms. The molecule has 0 saturated heterocycles. The normalized spacial score (nSPS) is 11.5. The minimum atomic E-state index is -3.41. The molecule has 0 saturated carbocycles. The lowest BCUT2D eigenvalue weighted by molar-refractivity contribution is 0.469. The van der Waals surface area contributed by atoms with Crippen molar-refractivity contribution in [2.45, 2.75) is 12.3 Å². The first-order valence-corrected chi connectivity index (χ1v) is 8.88. The van der Waals surface area contributed by atoms with Gasteiger partial charge in [-0.1, -0.05) is 23.7 Å². The van der Waals surface area contributed by atoms with Gasteiger partial charge in [-0.15, -0.1) is 11.3 Å². The molecule has 110 valence electrons. The molecule has 0 aliphatic carbocycles. The lowest BCUT2D eigenvalue weighted by Gasteiger charge is -2.16. The molecular formula is C14H13ClN2O2S2. The quantitative estimate of drug-likeness (QED) is 0.839. The lowest BCUT2D eigenvalue weighted by Crippen LogP contribution is -2.27. The summed E-state index contributed by atoms with van der Waals surface area (Å²) in [5.74, 6) is -0.0890. The van der Waals surface area contributed by atoms with E-state index in [2.05, 4.69) is 0 Å². The molecule has 2 rings (SSSR count). The molecule has 0 radical (unpaired) electrons. The zero-order chi connectivity index (χ0) is 15.5. The van der Waals surface area contributed by atoms with Gasteiger partial charge in [-0.25, -0.2) is 8.42 Å². The first kappa shape index (κ1) is 16.0. The van der Waals surface area contributed by atoms with Gasteiger partial charge in [-0.05, 0) is 29.8 Å². The Hall–Kier alpha value is -1.39. The van der Waals surface area contributed by atoms with Gasteiger partial charge in [0.25, 0.3) is 0 Å². The van der Waals surface area contributed by atoms with E-state index in [4.69, 9.17) is 16.9 Å². The van der Waals surface area contributed by atoms with Crippen molar-refractivity contribution >= 4 is 33.0 Å². The van der Waals surface area contributed by atoms with E-state index >= 15 is 0 Å². The van der Waals surface area contributed by atoms with Crippen LogP contribution >= 0.6 is 22.9 Å². The molecule has 1 aromatic heterocycles. The molecule has 0 bridgehead atoms. The highest BCUT2D eigenvalue weighted by atomic mass is 35.5. The summed E-state index contributed by atoms with van der Waals surface area (Å²) < 4.78 is 26.6. The highest BCUT2D eigenvalue weighted by Crippen LogP contribution is 2.23. The second-order valence-electron chi connectivity index (χ2n) is 4.53. The van der Waals surface area contributed by atoms with Gasteiger partial charge in [-0.3, -0.25) is 0 Å². The standard InChI is InChI=1S/C14H13ClN2O2S2/c1-17(9-13-6-7-14(15)20-13)21(18,19)10-12-4-2-11(8-16)3-5-12/h2-7H,9-10H2,1H3. The van der Waals surface area contributed by atoms with Gasteiger partial charge >= 0.3 is 0 Å². The van der Waals surface area contributed by atoms with E-state index in [0.29, 0.717) is 22.0 Å². The van der Waals surface area contributed by atoms with Crippen molar-refractivity contribution in [3.8, 4) is 6.07 Å². The molecule has 0 N–H and O–H groups in total. The highest BCUT2D eigenvalue weighted by Gasteiger charge is 2.19. The van der Waals surface area contributed by atoms with Crippen LogP contribution in [-0.2, 0) is 22.3 Å². The third-order valence-corrected chi connectivity index (χ3v) is 5.91. The molecule has 2 aromatic rings. The molecule has 0 fully saturated rings. The predicted molar refractivity (Wildman–Crippen MR) is 84.6 cm³/mol. The number of thiophene rings is 1. The van der Waals surface area contributed by atoms with Crippen molar-refractivity contribution in [2.24, 2.45) is 0 Å². The van der Waals surface area contributed by atoms with Crippen LogP contribution in [-0.4, -0.2) is 19.8 Å². The molecule has 0 spiro atoms. The van der Waals surface area contributed by atoms with E-state index in [1.165, 1.54) is 15.6 Å². The topological polar surface area (TPSA) is 61.2 Å².